The van der Waals surface area contributed by atoms with Crippen molar-refractivity contribution in [3.05, 3.63) is 12.4 Å². The highest BCUT2D eigenvalue weighted by Crippen LogP contribution is 2.23. The van der Waals surface area contributed by atoms with Gasteiger partial charge >= 0.3 is 5.97 Å². The Kier molecular flexibility index (Phi) is 4.98. The number of anilines is 1. The van der Waals surface area contributed by atoms with Crippen molar-refractivity contribution in [3.8, 4) is 0 Å². The molecule has 0 spiro atoms. The monoisotopic (exact) mass is 340 g/mol. The molecule has 1 unspecified atom stereocenters. The van der Waals surface area contributed by atoms with Gasteiger partial charge in [-0.15, -0.1) is 11.8 Å². The van der Waals surface area contributed by atoms with Gasteiger partial charge in [-0.3, -0.25) is 14.3 Å². The SMILES string of the molecule is CCC(=O)N1CSCC1C(=O)Nc1cnn(C(C)(C)C(=O)O)c1. The van der Waals surface area contributed by atoms with Gasteiger partial charge in [0, 0.05) is 18.4 Å². The molecule has 1 fully saturated rings. The number of aromatic nitrogens is 2. The summed E-state index contributed by atoms with van der Waals surface area (Å²) in [6.45, 7) is 4.80. The standard InChI is InChI=1S/C14H20N4O4S/c1-4-11(19)17-8-23-7-10(17)12(20)16-9-5-15-18(6-9)14(2,3)13(21)22/h5-6,10H,4,7-8H2,1-3H3,(H,16,20)(H,21,22). The Morgan fingerprint density at radius 3 is 2.78 bits per heavy atom. The van der Waals surface area contributed by atoms with Crippen molar-refractivity contribution >= 4 is 35.2 Å². The van der Waals surface area contributed by atoms with E-state index in [0.29, 0.717) is 23.7 Å². The van der Waals surface area contributed by atoms with Gasteiger partial charge in [-0.2, -0.15) is 5.10 Å². The third-order valence-electron chi connectivity index (χ3n) is 3.75. The summed E-state index contributed by atoms with van der Waals surface area (Å²) in [4.78, 5) is 37.0. The normalized spacial score (nSPS) is 18.0. The maximum absolute atomic E-state index is 12.4. The minimum atomic E-state index is -1.21. The number of nitrogens with one attached hydrogen (secondary N) is 1. The summed E-state index contributed by atoms with van der Waals surface area (Å²) in [5.74, 6) is -0.310. The molecule has 1 aliphatic heterocycles. The second-order valence-electron chi connectivity index (χ2n) is 5.76. The van der Waals surface area contributed by atoms with E-state index >= 15 is 0 Å². The molecule has 0 bridgehead atoms. The number of rotatable bonds is 5. The van der Waals surface area contributed by atoms with Gasteiger partial charge in [0.05, 0.1) is 17.8 Å². The zero-order valence-electron chi connectivity index (χ0n) is 13.3. The Labute approximate surface area is 138 Å². The van der Waals surface area contributed by atoms with Crippen molar-refractivity contribution in [1.29, 1.82) is 0 Å². The van der Waals surface area contributed by atoms with Gasteiger partial charge in [0.1, 0.15) is 6.04 Å². The van der Waals surface area contributed by atoms with Crippen LogP contribution in [0.15, 0.2) is 12.4 Å². The summed E-state index contributed by atoms with van der Waals surface area (Å²) >= 11 is 1.53. The molecule has 9 heteroatoms. The van der Waals surface area contributed by atoms with Crippen LogP contribution in [0.2, 0.25) is 0 Å². The Bertz CT molecular complexity index is 628. The number of amides is 2. The second-order valence-corrected chi connectivity index (χ2v) is 6.76. The molecule has 8 nitrogen and oxygen atoms in total. The van der Waals surface area contributed by atoms with Crippen molar-refractivity contribution in [1.82, 2.24) is 14.7 Å². The third-order valence-corrected chi connectivity index (χ3v) is 4.77. The molecule has 0 aromatic carbocycles. The summed E-state index contributed by atoms with van der Waals surface area (Å²) in [6, 6.07) is -0.511. The van der Waals surface area contributed by atoms with Crippen molar-refractivity contribution in [2.45, 2.75) is 38.8 Å². The first-order chi connectivity index (χ1) is 10.8. The van der Waals surface area contributed by atoms with Gasteiger partial charge in [-0.1, -0.05) is 6.92 Å². The number of hydrogen-bond donors (Lipinski definition) is 2. The van der Waals surface area contributed by atoms with Gasteiger partial charge < -0.3 is 15.3 Å². The fourth-order valence-electron chi connectivity index (χ4n) is 2.13. The average molecular weight is 340 g/mol. The number of thioether (sulfide) groups is 1. The molecular formula is C14H20N4O4S. The van der Waals surface area contributed by atoms with Gasteiger partial charge in [0.2, 0.25) is 11.8 Å². The van der Waals surface area contributed by atoms with E-state index in [9.17, 15) is 19.5 Å². The third kappa shape index (κ3) is 3.49. The smallest absolute Gasteiger partial charge is 0.331 e. The molecule has 1 atom stereocenters. The zero-order valence-corrected chi connectivity index (χ0v) is 14.1. The first-order valence-corrected chi connectivity index (χ1v) is 8.39. The zero-order chi connectivity index (χ0) is 17.2. The Morgan fingerprint density at radius 2 is 2.17 bits per heavy atom. The van der Waals surface area contributed by atoms with Crippen LogP contribution in [-0.4, -0.2) is 55.2 Å². The van der Waals surface area contributed by atoms with E-state index in [1.54, 1.807) is 11.8 Å². The summed E-state index contributed by atoms with van der Waals surface area (Å²) in [6.07, 6.45) is 3.23. The summed E-state index contributed by atoms with van der Waals surface area (Å²) in [5, 5.41) is 15.9. The van der Waals surface area contributed by atoms with Crippen LogP contribution in [0.3, 0.4) is 0 Å². The van der Waals surface area contributed by atoms with Crippen molar-refractivity contribution in [2.24, 2.45) is 0 Å². The van der Waals surface area contributed by atoms with E-state index in [1.165, 1.54) is 42.7 Å². The lowest BCUT2D eigenvalue weighted by atomic mass is 10.1. The van der Waals surface area contributed by atoms with Crippen LogP contribution in [0, 0.1) is 0 Å². The van der Waals surface area contributed by atoms with E-state index in [-0.39, 0.29) is 11.8 Å². The van der Waals surface area contributed by atoms with Crippen molar-refractivity contribution in [2.75, 3.05) is 16.9 Å². The number of carboxylic acid groups (broad SMARTS) is 1. The van der Waals surface area contributed by atoms with Crippen LogP contribution in [0.5, 0.6) is 0 Å². The minimum absolute atomic E-state index is 0.0575. The van der Waals surface area contributed by atoms with E-state index in [4.69, 9.17) is 0 Å². The number of hydrogen-bond acceptors (Lipinski definition) is 5. The molecule has 0 radical (unpaired) electrons. The lowest BCUT2D eigenvalue weighted by Gasteiger charge is -2.22. The fraction of sp³-hybridized carbons (Fsp3) is 0.571. The van der Waals surface area contributed by atoms with Crippen LogP contribution in [0.4, 0.5) is 5.69 Å². The number of nitrogens with zero attached hydrogens (tertiary/aromatic N) is 3. The maximum atomic E-state index is 12.4. The van der Waals surface area contributed by atoms with Crippen LogP contribution < -0.4 is 5.32 Å². The number of carbonyl (C=O) groups excluding carboxylic acids is 2. The average Bonchev–Trinajstić information content (AvgIpc) is 3.15. The maximum Gasteiger partial charge on any atom is 0.331 e. The van der Waals surface area contributed by atoms with Gasteiger partial charge in [-0.25, -0.2) is 4.79 Å². The molecule has 1 aromatic rings. The summed E-state index contributed by atoms with van der Waals surface area (Å²) in [7, 11) is 0. The fourth-order valence-corrected chi connectivity index (χ4v) is 3.31. The molecule has 2 amide bonds. The topological polar surface area (TPSA) is 105 Å². The molecule has 1 aromatic heterocycles. The highest BCUT2D eigenvalue weighted by molar-refractivity contribution is 7.99. The summed E-state index contributed by atoms with van der Waals surface area (Å²) in [5.41, 5.74) is -0.804. The van der Waals surface area contributed by atoms with E-state index in [1.807, 2.05) is 0 Å². The second kappa shape index (κ2) is 6.61. The minimum Gasteiger partial charge on any atom is -0.479 e. The highest BCUT2D eigenvalue weighted by atomic mass is 32.2. The van der Waals surface area contributed by atoms with Gasteiger partial charge in [0.15, 0.2) is 5.54 Å². The van der Waals surface area contributed by atoms with Crippen molar-refractivity contribution in [3.63, 3.8) is 0 Å². The molecule has 0 aliphatic carbocycles. The Morgan fingerprint density at radius 1 is 1.48 bits per heavy atom. The largest absolute Gasteiger partial charge is 0.479 e. The van der Waals surface area contributed by atoms with Crippen LogP contribution in [0.25, 0.3) is 0 Å². The van der Waals surface area contributed by atoms with Crippen LogP contribution in [0.1, 0.15) is 27.2 Å². The predicted molar refractivity (Wildman–Crippen MR) is 86.1 cm³/mol. The molecular weight excluding hydrogens is 320 g/mol. The number of carboxylic acids is 1. The lowest BCUT2D eigenvalue weighted by Crippen LogP contribution is -2.44. The first kappa shape index (κ1) is 17.3. The molecule has 2 rings (SSSR count). The predicted octanol–water partition coefficient (Wildman–Crippen LogP) is 0.953. The quantitative estimate of drug-likeness (QED) is 0.827. The van der Waals surface area contributed by atoms with E-state index in [2.05, 4.69) is 10.4 Å². The van der Waals surface area contributed by atoms with E-state index < -0.39 is 17.6 Å². The number of aliphatic carboxylic acids is 1. The molecule has 2 heterocycles. The molecule has 23 heavy (non-hydrogen) atoms. The molecule has 126 valence electrons. The van der Waals surface area contributed by atoms with Crippen LogP contribution in [-0.2, 0) is 19.9 Å². The van der Waals surface area contributed by atoms with Gasteiger partial charge in [0.25, 0.3) is 0 Å². The van der Waals surface area contributed by atoms with Gasteiger partial charge in [-0.05, 0) is 13.8 Å². The lowest BCUT2D eigenvalue weighted by molar-refractivity contribution is -0.146. The Hall–Kier alpha value is -2.03. The van der Waals surface area contributed by atoms with E-state index in [0.717, 1.165) is 0 Å². The number of carbonyl (C=O) groups is 3. The molecule has 0 saturated carbocycles. The van der Waals surface area contributed by atoms with Crippen LogP contribution >= 0.6 is 11.8 Å². The molecule has 1 saturated heterocycles. The first-order valence-electron chi connectivity index (χ1n) is 7.24. The van der Waals surface area contributed by atoms with Crippen molar-refractivity contribution < 1.29 is 19.5 Å². The highest BCUT2D eigenvalue weighted by Gasteiger charge is 2.34. The Balaban J connectivity index is 2.08. The molecule has 2 N–H and O–H groups in total. The molecule has 1 aliphatic rings. The summed E-state index contributed by atoms with van der Waals surface area (Å²) < 4.78 is 1.28.